The van der Waals surface area contributed by atoms with E-state index < -0.39 is 0 Å². The van der Waals surface area contributed by atoms with Crippen LogP contribution in [0, 0.1) is 0 Å². The van der Waals surface area contributed by atoms with Gasteiger partial charge in [-0.1, -0.05) is 17.7 Å². The summed E-state index contributed by atoms with van der Waals surface area (Å²) in [4.78, 5) is 2.35. The average molecular weight is 255 g/mol. The first-order valence-corrected chi connectivity index (χ1v) is 6.36. The van der Waals surface area contributed by atoms with Crippen LogP contribution in [0.2, 0.25) is 5.02 Å². The molecule has 0 amide bonds. The number of rotatable bonds is 3. The van der Waals surface area contributed by atoms with Crippen molar-refractivity contribution in [3.05, 3.63) is 28.8 Å². The Morgan fingerprint density at radius 1 is 1.41 bits per heavy atom. The van der Waals surface area contributed by atoms with Crippen LogP contribution in [0.25, 0.3) is 0 Å². The average Bonchev–Trinajstić information content (AvgIpc) is 2.34. The summed E-state index contributed by atoms with van der Waals surface area (Å²) in [7, 11) is 2.14. The molecule has 4 heteroatoms. The molecular weight excluding hydrogens is 236 g/mol. The van der Waals surface area contributed by atoms with E-state index in [1.165, 1.54) is 0 Å². The molecule has 3 nitrogen and oxygen atoms in total. The summed E-state index contributed by atoms with van der Waals surface area (Å²) in [5.41, 5.74) is 7.88. The molecule has 1 aliphatic rings. The lowest BCUT2D eigenvalue weighted by Gasteiger charge is -2.31. The highest BCUT2D eigenvalue weighted by Crippen LogP contribution is 2.21. The van der Waals surface area contributed by atoms with Crippen molar-refractivity contribution in [1.82, 2.24) is 4.90 Å². The molecule has 1 fully saturated rings. The number of hydrogen-bond donors (Lipinski definition) is 1. The van der Waals surface area contributed by atoms with E-state index in [9.17, 15) is 0 Å². The molecule has 0 radical (unpaired) electrons. The van der Waals surface area contributed by atoms with Gasteiger partial charge in [0.15, 0.2) is 0 Å². The van der Waals surface area contributed by atoms with E-state index in [0.717, 1.165) is 43.9 Å². The minimum atomic E-state index is 0.596. The summed E-state index contributed by atoms with van der Waals surface area (Å²) in [6.45, 7) is 2.60. The number of halogens is 1. The highest BCUT2D eigenvalue weighted by Gasteiger charge is 2.18. The first-order valence-electron chi connectivity index (χ1n) is 5.98. The molecule has 0 saturated carbocycles. The van der Waals surface area contributed by atoms with Crippen molar-refractivity contribution in [3.8, 4) is 0 Å². The molecule has 0 atom stereocenters. The summed E-state index contributed by atoms with van der Waals surface area (Å²) in [6.07, 6.45) is 2.20. The SMILES string of the molecule is CN(Cc1ccc(Cl)cc1N)C1CCOCC1. The molecule has 1 saturated heterocycles. The number of nitrogens with two attached hydrogens (primary N) is 1. The molecule has 0 aliphatic carbocycles. The zero-order valence-corrected chi connectivity index (χ0v) is 10.9. The molecule has 1 heterocycles. The van der Waals surface area contributed by atoms with E-state index in [2.05, 4.69) is 11.9 Å². The lowest BCUT2D eigenvalue weighted by atomic mass is 10.1. The van der Waals surface area contributed by atoms with E-state index in [1.807, 2.05) is 18.2 Å². The van der Waals surface area contributed by atoms with Gasteiger partial charge >= 0.3 is 0 Å². The minimum absolute atomic E-state index is 0.596. The molecule has 0 bridgehead atoms. The predicted octanol–water partition coefficient (Wildman–Crippen LogP) is 2.53. The molecule has 17 heavy (non-hydrogen) atoms. The molecule has 0 aromatic heterocycles. The van der Waals surface area contributed by atoms with E-state index in [-0.39, 0.29) is 0 Å². The van der Waals surface area contributed by atoms with Crippen LogP contribution in [0.3, 0.4) is 0 Å². The van der Waals surface area contributed by atoms with Crippen LogP contribution >= 0.6 is 11.6 Å². The molecule has 1 aromatic carbocycles. The van der Waals surface area contributed by atoms with Crippen LogP contribution in [0.1, 0.15) is 18.4 Å². The highest BCUT2D eigenvalue weighted by molar-refractivity contribution is 6.30. The van der Waals surface area contributed by atoms with E-state index in [0.29, 0.717) is 11.1 Å². The molecule has 2 rings (SSSR count). The lowest BCUT2D eigenvalue weighted by Crippen LogP contribution is -2.36. The molecule has 2 N–H and O–H groups in total. The quantitative estimate of drug-likeness (QED) is 0.843. The van der Waals surface area contributed by atoms with E-state index >= 15 is 0 Å². The van der Waals surface area contributed by atoms with Crippen molar-refractivity contribution in [2.75, 3.05) is 26.0 Å². The second-order valence-corrected chi connectivity index (χ2v) is 5.04. The summed E-state index contributed by atoms with van der Waals surface area (Å²) in [5, 5.41) is 0.694. The van der Waals surface area contributed by atoms with Gasteiger partial charge in [0.1, 0.15) is 0 Å². The number of anilines is 1. The van der Waals surface area contributed by atoms with Gasteiger partial charge < -0.3 is 10.5 Å². The Morgan fingerprint density at radius 3 is 2.76 bits per heavy atom. The lowest BCUT2D eigenvalue weighted by molar-refractivity contribution is 0.0407. The molecule has 1 aromatic rings. The number of nitrogen functional groups attached to an aromatic ring is 1. The third-order valence-electron chi connectivity index (χ3n) is 3.34. The van der Waals surface area contributed by atoms with Gasteiger partial charge in [-0.15, -0.1) is 0 Å². The van der Waals surface area contributed by atoms with Crippen molar-refractivity contribution in [1.29, 1.82) is 0 Å². The van der Waals surface area contributed by atoms with Gasteiger partial charge in [-0.2, -0.15) is 0 Å². The van der Waals surface area contributed by atoms with Crippen molar-refractivity contribution >= 4 is 17.3 Å². The molecular formula is C13H19ClN2O. The first kappa shape index (κ1) is 12.7. The van der Waals surface area contributed by atoms with Gasteiger partial charge in [0.25, 0.3) is 0 Å². The van der Waals surface area contributed by atoms with Crippen LogP contribution in [0.15, 0.2) is 18.2 Å². The fraction of sp³-hybridized carbons (Fsp3) is 0.538. The fourth-order valence-electron chi connectivity index (χ4n) is 2.23. The van der Waals surface area contributed by atoms with Crippen molar-refractivity contribution in [2.24, 2.45) is 0 Å². The Kier molecular flexibility index (Phi) is 4.26. The summed E-state index contributed by atoms with van der Waals surface area (Å²) < 4.78 is 5.37. The van der Waals surface area contributed by atoms with Crippen LogP contribution < -0.4 is 5.73 Å². The van der Waals surface area contributed by atoms with Gasteiger partial charge in [0.2, 0.25) is 0 Å². The molecule has 0 unspecified atom stereocenters. The Balaban J connectivity index is 1.99. The van der Waals surface area contributed by atoms with Gasteiger partial charge in [-0.25, -0.2) is 0 Å². The number of benzene rings is 1. The second kappa shape index (κ2) is 5.71. The monoisotopic (exact) mass is 254 g/mol. The Morgan fingerprint density at radius 2 is 2.12 bits per heavy atom. The van der Waals surface area contributed by atoms with Crippen molar-refractivity contribution in [2.45, 2.75) is 25.4 Å². The van der Waals surface area contributed by atoms with Gasteiger partial charge in [0, 0.05) is 36.5 Å². The molecule has 1 aliphatic heterocycles. The largest absolute Gasteiger partial charge is 0.398 e. The van der Waals surface area contributed by atoms with E-state index in [1.54, 1.807) is 0 Å². The second-order valence-electron chi connectivity index (χ2n) is 4.60. The third-order valence-corrected chi connectivity index (χ3v) is 3.58. The number of nitrogens with zero attached hydrogens (tertiary/aromatic N) is 1. The highest BCUT2D eigenvalue weighted by atomic mass is 35.5. The zero-order valence-electron chi connectivity index (χ0n) is 10.2. The Hall–Kier alpha value is -0.770. The summed E-state index contributed by atoms with van der Waals surface area (Å²) in [6, 6.07) is 6.31. The maximum Gasteiger partial charge on any atom is 0.0480 e. The predicted molar refractivity (Wildman–Crippen MR) is 71.2 cm³/mol. The van der Waals surface area contributed by atoms with E-state index in [4.69, 9.17) is 22.1 Å². The van der Waals surface area contributed by atoms with Crippen molar-refractivity contribution in [3.63, 3.8) is 0 Å². The topological polar surface area (TPSA) is 38.5 Å². The van der Waals surface area contributed by atoms with Gasteiger partial charge in [-0.05, 0) is 37.6 Å². The first-order chi connectivity index (χ1) is 8.16. The standard InChI is InChI=1S/C13H19ClN2O/c1-16(12-4-6-17-7-5-12)9-10-2-3-11(14)8-13(10)15/h2-3,8,12H,4-7,9,15H2,1H3. The Bertz CT molecular complexity index is 378. The van der Waals surface area contributed by atoms with Crippen LogP contribution in [0.5, 0.6) is 0 Å². The normalized spacial score (nSPS) is 17.6. The molecule has 94 valence electrons. The summed E-state index contributed by atoms with van der Waals surface area (Å²) in [5.74, 6) is 0. The maximum absolute atomic E-state index is 5.96. The van der Waals surface area contributed by atoms with Gasteiger partial charge in [0.05, 0.1) is 0 Å². The van der Waals surface area contributed by atoms with Gasteiger partial charge in [-0.3, -0.25) is 4.90 Å². The molecule has 0 spiro atoms. The number of hydrogen-bond acceptors (Lipinski definition) is 3. The number of ether oxygens (including phenoxy) is 1. The fourth-order valence-corrected chi connectivity index (χ4v) is 2.41. The smallest absolute Gasteiger partial charge is 0.0480 e. The third kappa shape index (κ3) is 3.35. The zero-order chi connectivity index (χ0) is 12.3. The van der Waals surface area contributed by atoms with Crippen LogP contribution in [-0.2, 0) is 11.3 Å². The van der Waals surface area contributed by atoms with Crippen LogP contribution in [-0.4, -0.2) is 31.2 Å². The minimum Gasteiger partial charge on any atom is -0.398 e. The Labute approximate surface area is 107 Å². The van der Waals surface area contributed by atoms with Crippen molar-refractivity contribution < 1.29 is 4.74 Å². The van der Waals surface area contributed by atoms with Crippen LogP contribution in [0.4, 0.5) is 5.69 Å². The summed E-state index contributed by atoms with van der Waals surface area (Å²) >= 11 is 5.89. The maximum atomic E-state index is 5.96.